The zero-order valence-electron chi connectivity index (χ0n) is 16.0. The number of nitrogens with one attached hydrogen (secondary N) is 2. The second kappa shape index (κ2) is 8.56. The third kappa shape index (κ3) is 5.05. The highest BCUT2D eigenvalue weighted by atomic mass is 32.2. The zero-order chi connectivity index (χ0) is 22.9. The monoisotopic (exact) mass is 451 g/mol. The van der Waals surface area contributed by atoms with Gasteiger partial charge in [-0.1, -0.05) is 12.2 Å². The van der Waals surface area contributed by atoms with E-state index in [-0.39, 0.29) is 16.9 Å². The Morgan fingerprint density at radius 3 is 2.37 bits per heavy atom. The number of alkyl halides is 3. The summed E-state index contributed by atoms with van der Waals surface area (Å²) in [5, 5.41) is 2.30. The molecule has 30 heavy (non-hydrogen) atoms. The second-order valence-electron chi connectivity index (χ2n) is 6.33. The number of aryl methyl sites for hydroxylation is 1. The van der Waals surface area contributed by atoms with Gasteiger partial charge in [0.25, 0.3) is 5.91 Å². The minimum absolute atomic E-state index is 0.0975. The number of anilines is 1. The summed E-state index contributed by atoms with van der Waals surface area (Å²) < 4.78 is 92.5. The largest absolute Gasteiger partial charge is 0.404 e. The number of carbonyl (C=O) groups excluding carboxylic acids is 1. The Balaban J connectivity index is 2.48. The number of amides is 1. The van der Waals surface area contributed by atoms with Crippen molar-refractivity contribution in [3.8, 4) is 0 Å². The van der Waals surface area contributed by atoms with Crippen LogP contribution in [0.25, 0.3) is 6.08 Å². The lowest BCUT2D eigenvalue weighted by atomic mass is 10.2. The molecular weight excluding hydrogens is 433 g/mol. The maximum Gasteiger partial charge on any atom is 0.404 e. The molecule has 0 fully saturated rings. The highest BCUT2D eigenvalue weighted by Gasteiger charge is 2.40. The maximum absolute atomic E-state index is 13.4. The van der Waals surface area contributed by atoms with E-state index in [1.807, 2.05) is 0 Å². The molecule has 2 rings (SSSR count). The third-order valence-electron chi connectivity index (χ3n) is 4.02. The summed E-state index contributed by atoms with van der Waals surface area (Å²) in [5.74, 6) is -3.20. The molecule has 2 aromatic rings. The van der Waals surface area contributed by atoms with Gasteiger partial charge in [0.05, 0.1) is 0 Å². The van der Waals surface area contributed by atoms with Crippen LogP contribution >= 0.6 is 0 Å². The van der Waals surface area contributed by atoms with Crippen LogP contribution in [0, 0.1) is 11.6 Å². The molecule has 1 aromatic carbocycles. The summed E-state index contributed by atoms with van der Waals surface area (Å²) in [4.78, 5) is 12.1. The molecule has 0 aliphatic rings. The van der Waals surface area contributed by atoms with Crippen LogP contribution in [0.5, 0.6) is 0 Å². The van der Waals surface area contributed by atoms with Gasteiger partial charge in [0.2, 0.25) is 10.0 Å². The van der Waals surface area contributed by atoms with Crippen LogP contribution in [-0.2, 0) is 17.1 Å². The smallest absolute Gasteiger partial charge is 0.345 e. The lowest BCUT2D eigenvalue weighted by Gasteiger charge is -2.17. The van der Waals surface area contributed by atoms with Crippen molar-refractivity contribution in [2.45, 2.75) is 31.0 Å². The first-order valence-electron chi connectivity index (χ1n) is 8.45. The average molecular weight is 451 g/mol. The molecule has 0 saturated carbocycles. The first-order chi connectivity index (χ1) is 13.8. The van der Waals surface area contributed by atoms with Gasteiger partial charge in [0.1, 0.15) is 16.6 Å². The van der Waals surface area contributed by atoms with E-state index in [4.69, 9.17) is 0 Å². The summed E-state index contributed by atoms with van der Waals surface area (Å²) in [6.45, 7) is 2.17. The Morgan fingerprint density at radius 2 is 1.83 bits per heavy atom. The number of benzene rings is 1. The molecule has 0 saturated heterocycles. The molecular formula is C18H18F5N3O3S. The molecule has 1 aromatic heterocycles. The maximum atomic E-state index is 13.4. The molecule has 0 radical (unpaired) electrons. The highest BCUT2D eigenvalue weighted by Crippen LogP contribution is 2.27. The number of nitrogens with zero attached hydrogens (tertiary/aromatic N) is 1. The van der Waals surface area contributed by atoms with Crippen molar-refractivity contribution in [3.63, 3.8) is 0 Å². The van der Waals surface area contributed by atoms with Crippen LogP contribution in [-0.4, -0.2) is 31.1 Å². The highest BCUT2D eigenvalue weighted by molar-refractivity contribution is 7.89. The number of rotatable bonds is 6. The average Bonchev–Trinajstić information content (AvgIpc) is 2.94. The molecule has 12 heteroatoms. The van der Waals surface area contributed by atoms with Gasteiger partial charge in [-0.05, 0) is 26.0 Å². The van der Waals surface area contributed by atoms with Crippen LogP contribution < -0.4 is 10.0 Å². The van der Waals surface area contributed by atoms with Gasteiger partial charge in [-0.25, -0.2) is 17.2 Å². The van der Waals surface area contributed by atoms with Crippen molar-refractivity contribution in [2.24, 2.45) is 7.05 Å². The van der Waals surface area contributed by atoms with Crippen molar-refractivity contribution >= 4 is 27.7 Å². The molecule has 2 N–H and O–H groups in total. The van der Waals surface area contributed by atoms with Crippen molar-refractivity contribution < 1.29 is 35.2 Å². The number of carbonyl (C=O) groups is 1. The summed E-state index contributed by atoms with van der Waals surface area (Å²) >= 11 is 0. The van der Waals surface area contributed by atoms with Crippen molar-refractivity contribution in [1.29, 1.82) is 0 Å². The van der Waals surface area contributed by atoms with Crippen molar-refractivity contribution in [3.05, 3.63) is 53.4 Å². The minimum atomic E-state index is -4.81. The Hall–Kier alpha value is -2.73. The quantitative estimate of drug-likeness (QED) is 0.656. The standard InChI is InChI=1S/C18H18F5N3O3S/c1-4-5-12-15(30(28,29)25-10(2)18(21,22)23)9-26(3)16(12)17(27)24-11-6-7-13(19)14(20)8-11/h4-10,25H,1-3H3,(H,24,27)/b5-4+. The Kier molecular flexibility index (Phi) is 6.72. The van der Waals surface area contributed by atoms with Gasteiger partial charge in [0, 0.05) is 30.6 Å². The van der Waals surface area contributed by atoms with E-state index in [0.717, 1.165) is 29.0 Å². The van der Waals surface area contributed by atoms with Crippen LogP contribution in [0.2, 0.25) is 0 Å². The van der Waals surface area contributed by atoms with E-state index in [9.17, 15) is 35.2 Å². The van der Waals surface area contributed by atoms with Crippen molar-refractivity contribution in [2.75, 3.05) is 5.32 Å². The van der Waals surface area contributed by atoms with E-state index in [2.05, 4.69) is 5.32 Å². The van der Waals surface area contributed by atoms with Crippen molar-refractivity contribution in [1.82, 2.24) is 9.29 Å². The van der Waals surface area contributed by atoms with Gasteiger partial charge in [-0.15, -0.1) is 0 Å². The first kappa shape index (κ1) is 23.5. The molecule has 1 unspecified atom stereocenters. The summed E-state index contributed by atoms with van der Waals surface area (Å²) in [7, 11) is -3.33. The van der Waals surface area contributed by atoms with Crippen LogP contribution in [0.3, 0.4) is 0 Å². The molecule has 0 bridgehead atoms. The Bertz CT molecular complexity index is 1090. The summed E-state index contributed by atoms with van der Waals surface area (Å²) in [6.07, 6.45) is -1.18. The summed E-state index contributed by atoms with van der Waals surface area (Å²) in [6, 6.07) is 0.260. The molecule has 0 aliphatic carbocycles. The van der Waals surface area contributed by atoms with Gasteiger partial charge < -0.3 is 9.88 Å². The van der Waals surface area contributed by atoms with E-state index in [0.29, 0.717) is 6.92 Å². The second-order valence-corrected chi connectivity index (χ2v) is 8.02. The third-order valence-corrected chi connectivity index (χ3v) is 5.59. The van der Waals surface area contributed by atoms with Crippen LogP contribution in [0.15, 0.2) is 35.4 Å². The zero-order valence-corrected chi connectivity index (χ0v) is 16.8. The predicted octanol–water partition coefficient (Wildman–Crippen LogP) is 3.82. The first-order valence-corrected chi connectivity index (χ1v) is 9.93. The lowest BCUT2D eigenvalue weighted by Crippen LogP contribution is -2.43. The van der Waals surface area contributed by atoms with Gasteiger partial charge in [0.15, 0.2) is 11.6 Å². The van der Waals surface area contributed by atoms with Gasteiger partial charge in [-0.2, -0.15) is 17.9 Å². The molecule has 1 atom stereocenters. The number of halogens is 5. The van der Waals surface area contributed by atoms with E-state index in [1.165, 1.54) is 30.8 Å². The number of aromatic nitrogens is 1. The fraction of sp³-hybridized carbons (Fsp3) is 0.278. The fourth-order valence-electron chi connectivity index (χ4n) is 2.57. The molecule has 0 aliphatic heterocycles. The lowest BCUT2D eigenvalue weighted by molar-refractivity contribution is -0.147. The van der Waals surface area contributed by atoms with Gasteiger partial charge >= 0.3 is 6.18 Å². The minimum Gasteiger partial charge on any atom is -0.345 e. The summed E-state index contributed by atoms with van der Waals surface area (Å²) in [5.41, 5.74) is -0.473. The molecule has 1 amide bonds. The fourth-order valence-corrected chi connectivity index (χ4v) is 4.05. The molecule has 164 valence electrons. The van der Waals surface area contributed by atoms with Gasteiger partial charge in [-0.3, -0.25) is 4.79 Å². The number of hydrogen-bond donors (Lipinski definition) is 2. The molecule has 6 nitrogen and oxygen atoms in total. The van der Waals surface area contributed by atoms with E-state index < -0.39 is 44.7 Å². The number of sulfonamides is 1. The van der Waals surface area contributed by atoms with E-state index in [1.54, 1.807) is 0 Å². The SMILES string of the molecule is C/C=C/c1c(S(=O)(=O)NC(C)C(F)(F)F)cn(C)c1C(=O)Nc1ccc(F)c(F)c1. The number of hydrogen-bond acceptors (Lipinski definition) is 3. The molecule has 1 heterocycles. The molecule has 0 spiro atoms. The van der Waals surface area contributed by atoms with Crippen LogP contribution in [0.1, 0.15) is 29.9 Å². The number of allylic oxidation sites excluding steroid dienone is 1. The normalized spacial score (nSPS) is 13.6. The predicted molar refractivity (Wildman–Crippen MR) is 100 cm³/mol. The Morgan fingerprint density at radius 1 is 1.20 bits per heavy atom. The van der Waals surface area contributed by atoms with E-state index >= 15 is 0 Å². The van der Waals surface area contributed by atoms with Crippen LogP contribution in [0.4, 0.5) is 27.6 Å². The Labute approximate surface area is 169 Å². The topological polar surface area (TPSA) is 80.2 Å².